The molecule has 3 N–H and O–H groups in total. The van der Waals surface area contributed by atoms with Crippen LogP contribution in [0.5, 0.6) is 11.5 Å². The predicted octanol–water partition coefficient (Wildman–Crippen LogP) is 5.73. The zero-order valence-electron chi connectivity index (χ0n) is 20.0. The Kier molecular flexibility index (Phi) is 5.38. The number of nitrogens with two attached hydrogens (primary N) is 1. The van der Waals surface area contributed by atoms with Gasteiger partial charge in [-0.05, 0) is 63.1 Å². The van der Waals surface area contributed by atoms with Crippen molar-refractivity contribution in [3.05, 3.63) is 82.9 Å². The summed E-state index contributed by atoms with van der Waals surface area (Å²) in [6.07, 6.45) is 0.0602. The highest BCUT2D eigenvalue weighted by Crippen LogP contribution is 2.56. The van der Waals surface area contributed by atoms with Crippen molar-refractivity contribution < 1.29 is 19.0 Å². The number of hydrogen-bond donors (Lipinski definition) is 2. The van der Waals surface area contributed by atoms with Crippen LogP contribution in [0.1, 0.15) is 56.4 Å². The second kappa shape index (κ2) is 8.15. The van der Waals surface area contributed by atoms with Crippen molar-refractivity contribution in [1.82, 2.24) is 0 Å². The first kappa shape index (κ1) is 22.4. The van der Waals surface area contributed by atoms with Gasteiger partial charge >= 0.3 is 0 Å². The Morgan fingerprint density at radius 3 is 2.53 bits per heavy atom. The molecule has 6 heteroatoms. The predicted molar refractivity (Wildman–Crippen MR) is 132 cm³/mol. The molecule has 0 saturated heterocycles. The van der Waals surface area contributed by atoms with E-state index in [9.17, 15) is 4.79 Å². The van der Waals surface area contributed by atoms with Gasteiger partial charge in [0.1, 0.15) is 11.5 Å². The average molecular weight is 459 g/mol. The number of benzene rings is 3. The van der Waals surface area contributed by atoms with Crippen molar-refractivity contribution in [3.63, 3.8) is 0 Å². The first-order valence-corrected chi connectivity index (χ1v) is 11.6. The maximum absolute atomic E-state index is 12.7. The molecule has 2 heterocycles. The van der Waals surface area contributed by atoms with E-state index in [4.69, 9.17) is 19.9 Å². The second-order valence-corrected chi connectivity index (χ2v) is 9.99. The molecule has 1 spiro atoms. The lowest BCUT2D eigenvalue weighted by Crippen LogP contribution is -2.32. The molecule has 3 aromatic carbocycles. The van der Waals surface area contributed by atoms with Gasteiger partial charge in [-0.25, -0.2) is 0 Å². The summed E-state index contributed by atoms with van der Waals surface area (Å²) >= 11 is 0. The fourth-order valence-corrected chi connectivity index (χ4v) is 4.97. The molecule has 2 aliphatic heterocycles. The number of nitrogen functional groups attached to an aromatic ring is 1. The Morgan fingerprint density at radius 2 is 1.76 bits per heavy atom. The smallest absolute Gasteiger partial charge is 0.226 e. The number of amides is 1. The maximum Gasteiger partial charge on any atom is 0.226 e. The van der Waals surface area contributed by atoms with E-state index >= 15 is 0 Å². The number of rotatable bonds is 4. The van der Waals surface area contributed by atoms with Crippen molar-refractivity contribution in [2.24, 2.45) is 0 Å². The van der Waals surface area contributed by atoms with Gasteiger partial charge in [-0.3, -0.25) is 4.79 Å². The molecule has 2 aliphatic rings. The maximum atomic E-state index is 12.7. The lowest BCUT2D eigenvalue weighted by molar-refractivity contribution is -0.121. The number of anilines is 2. The minimum atomic E-state index is -0.787. The molecule has 6 nitrogen and oxygen atoms in total. The van der Waals surface area contributed by atoms with Gasteiger partial charge in [-0.2, -0.15) is 0 Å². The first-order valence-electron chi connectivity index (χ1n) is 11.6. The Hall–Kier alpha value is -3.35. The second-order valence-electron chi connectivity index (χ2n) is 9.99. The molecule has 0 radical (unpaired) electrons. The highest BCUT2D eigenvalue weighted by atomic mass is 16.5. The van der Waals surface area contributed by atoms with Gasteiger partial charge < -0.3 is 25.3 Å². The topological polar surface area (TPSA) is 82.8 Å². The molecule has 1 unspecified atom stereocenters. The van der Waals surface area contributed by atoms with Crippen molar-refractivity contribution >= 4 is 17.3 Å². The van der Waals surface area contributed by atoms with Gasteiger partial charge in [0.05, 0.1) is 24.7 Å². The molecule has 2 atom stereocenters. The standard InChI is InChI=1S/C28H30N2O4/c1-17(34-27(2,3)4)13-26(31)30-20-10-12-23-25(15-20)33-24-14-19(29)9-11-22(24)28(23)21-8-6-5-7-18(21)16-32-28/h5-12,14-15,17H,13,16,29H2,1-4H3,(H,30,31)/t17-,28?/m1/s1. The van der Waals surface area contributed by atoms with Gasteiger partial charge in [-0.1, -0.05) is 24.3 Å². The fourth-order valence-electron chi connectivity index (χ4n) is 4.97. The molecule has 0 aliphatic carbocycles. The average Bonchev–Trinajstić information content (AvgIpc) is 3.12. The summed E-state index contributed by atoms with van der Waals surface area (Å²) in [5, 5.41) is 2.98. The fraction of sp³-hybridized carbons (Fsp3) is 0.321. The molecule has 0 fully saturated rings. The van der Waals surface area contributed by atoms with Crippen LogP contribution in [0.3, 0.4) is 0 Å². The van der Waals surface area contributed by atoms with Crippen LogP contribution < -0.4 is 15.8 Å². The van der Waals surface area contributed by atoms with Gasteiger partial charge in [0.2, 0.25) is 5.91 Å². The van der Waals surface area contributed by atoms with Crippen molar-refractivity contribution in [3.8, 4) is 11.5 Å². The Balaban J connectivity index is 1.50. The Morgan fingerprint density at radius 1 is 1.06 bits per heavy atom. The number of fused-ring (bicyclic) bond motifs is 6. The summed E-state index contributed by atoms with van der Waals surface area (Å²) in [5.41, 5.74) is 10.3. The van der Waals surface area contributed by atoms with Gasteiger partial charge in [0, 0.05) is 34.6 Å². The number of nitrogens with one attached hydrogen (secondary N) is 1. The van der Waals surface area contributed by atoms with Gasteiger partial charge in [0.15, 0.2) is 5.60 Å². The van der Waals surface area contributed by atoms with Crippen LogP contribution in [0, 0.1) is 0 Å². The quantitative estimate of drug-likeness (QED) is 0.488. The van der Waals surface area contributed by atoms with E-state index in [-0.39, 0.29) is 24.0 Å². The summed E-state index contributed by atoms with van der Waals surface area (Å²) < 4.78 is 18.7. The van der Waals surface area contributed by atoms with E-state index in [1.165, 1.54) is 0 Å². The Labute approximate surface area is 200 Å². The van der Waals surface area contributed by atoms with E-state index in [0.29, 0.717) is 29.5 Å². The third kappa shape index (κ3) is 3.93. The van der Waals surface area contributed by atoms with E-state index in [1.54, 1.807) is 0 Å². The molecule has 1 amide bonds. The van der Waals surface area contributed by atoms with Crippen LogP contribution in [0.15, 0.2) is 60.7 Å². The molecule has 0 saturated carbocycles. The van der Waals surface area contributed by atoms with Crippen LogP contribution in [-0.2, 0) is 26.5 Å². The van der Waals surface area contributed by atoms with Crippen LogP contribution in [0.4, 0.5) is 11.4 Å². The molecule has 3 aromatic rings. The third-order valence-corrected chi connectivity index (χ3v) is 6.12. The lowest BCUT2D eigenvalue weighted by Gasteiger charge is -2.37. The molecular formula is C28H30N2O4. The third-order valence-electron chi connectivity index (χ3n) is 6.12. The zero-order valence-corrected chi connectivity index (χ0v) is 20.0. The van der Waals surface area contributed by atoms with Crippen molar-refractivity contribution in [2.75, 3.05) is 11.1 Å². The minimum absolute atomic E-state index is 0.116. The summed E-state index contributed by atoms with van der Waals surface area (Å²) in [6, 6.07) is 19.6. The highest BCUT2D eigenvalue weighted by molar-refractivity contribution is 5.91. The zero-order chi connectivity index (χ0) is 24.1. The molecule has 0 bridgehead atoms. The SMILES string of the molecule is C[C@H](CC(=O)Nc1ccc2c(c1)Oc1cc(N)ccc1C21OCc2ccccc21)OC(C)(C)C. The lowest BCUT2D eigenvalue weighted by atomic mass is 9.77. The van der Waals surface area contributed by atoms with Crippen LogP contribution in [0.25, 0.3) is 0 Å². The summed E-state index contributed by atoms with van der Waals surface area (Å²) in [7, 11) is 0. The summed E-state index contributed by atoms with van der Waals surface area (Å²) in [5.74, 6) is 1.17. The summed E-state index contributed by atoms with van der Waals surface area (Å²) in [6.45, 7) is 8.34. The van der Waals surface area contributed by atoms with E-state index in [1.807, 2.05) is 76.2 Å². The van der Waals surface area contributed by atoms with Crippen LogP contribution in [0.2, 0.25) is 0 Å². The van der Waals surface area contributed by atoms with Crippen LogP contribution >= 0.6 is 0 Å². The molecule has 176 valence electrons. The first-order chi connectivity index (χ1) is 16.2. The summed E-state index contributed by atoms with van der Waals surface area (Å²) in [4.78, 5) is 12.7. The number of carbonyl (C=O) groups excluding carboxylic acids is 1. The Bertz CT molecular complexity index is 1260. The van der Waals surface area contributed by atoms with E-state index in [0.717, 1.165) is 22.3 Å². The molecular weight excluding hydrogens is 428 g/mol. The van der Waals surface area contributed by atoms with E-state index < -0.39 is 5.60 Å². The largest absolute Gasteiger partial charge is 0.456 e. The van der Waals surface area contributed by atoms with Crippen LogP contribution in [-0.4, -0.2) is 17.6 Å². The highest BCUT2D eigenvalue weighted by Gasteiger charge is 2.49. The molecule has 34 heavy (non-hydrogen) atoms. The number of carbonyl (C=O) groups is 1. The normalized spacial score (nSPS) is 19.1. The monoisotopic (exact) mass is 458 g/mol. The minimum Gasteiger partial charge on any atom is -0.456 e. The van der Waals surface area contributed by atoms with Crippen molar-refractivity contribution in [1.29, 1.82) is 0 Å². The number of hydrogen-bond acceptors (Lipinski definition) is 5. The molecule has 5 rings (SSSR count). The van der Waals surface area contributed by atoms with Gasteiger partial charge in [0.25, 0.3) is 0 Å². The molecule has 0 aromatic heterocycles. The van der Waals surface area contributed by atoms with E-state index in [2.05, 4.69) is 17.4 Å². The van der Waals surface area contributed by atoms with Crippen molar-refractivity contribution in [2.45, 2.75) is 58.0 Å². The van der Waals surface area contributed by atoms with Gasteiger partial charge in [-0.15, -0.1) is 0 Å². The number of ether oxygens (including phenoxy) is 3.